The molecule has 8 heteroatoms. The summed E-state index contributed by atoms with van der Waals surface area (Å²) in [6.07, 6.45) is 4.41. The minimum Gasteiger partial charge on any atom is -0.371 e. The van der Waals surface area contributed by atoms with Crippen LogP contribution in [0.4, 0.5) is 0 Å². The van der Waals surface area contributed by atoms with E-state index in [1.807, 2.05) is 107 Å². The van der Waals surface area contributed by atoms with Gasteiger partial charge in [0.15, 0.2) is 0 Å². The Morgan fingerprint density at radius 2 is 0.976 bits per heavy atom. The predicted molar refractivity (Wildman–Crippen MR) is 173 cm³/mol. The third kappa shape index (κ3) is 14.0. The van der Waals surface area contributed by atoms with E-state index in [2.05, 4.69) is 36.4 Å². The summed E-state index contributed by atoms with van der Waals surface area (Å²) >= 11 is 0. The Morgan fingerprint density at radius 3 is 1.29 bits per heavy atom. The van der Waals surface area contributed by atoms with E-state index in [1.165, 1.54) is 0 Å². The predicted octanol–water partition coefficient (Wildman–Crippen LogP) is 9.48. The number of benzene rings is 2. The van der Waals surface area contributed by atoms with Gasteiger partial charge in [-0.05, 0) is 105 Å². The third-order valence-electron chi connectivity index (χ3n) is 5.30. The molecule has 0 atom stereocenters. The molecule has 2 aromatic carbocycles. The molecule has 2 rings (SSSR count). The Labute approximate surface area is 250 Å². The molecule has 0 amide bonds. The van der Waals surface area contributed by atoms with Gasteiger partial charge in [0.05, 0.1) is 17.4 Å². The van der Waals surface area contributed by atoms with Crippen LogP contribution in [0.3, 0.4) is 0 Å². The van der Waals surface area contributed by atoms with Gasteiger partial charge in [0.1, 0.15) is 0 Å². The summed E-state index contributed by atoms with van der Waals surface area (Å²) in [5.41, 5.74) is 3.02. The molecule has 0 aliphatic carbocycles. The number of hydrogen-bond acceptors (Lipinski definition) is 6. The van der Waals surface area contributed by atoms with Crippen LogP contribution in [0.2, 0.25) is 0 Å². The van der Waals surface area contributed by atoms with Gasteiger partial charge in [-0.15, -0.1) is 0 Å². The Bertz CT molecular complexity index is 1100. The summed E-state index contributed by atoms with van der Waals surface area (Å²) in [7, 11) is -6.27. The molecule has 0 fully saturated rings. The van der Waals surface area contributed by atoms with Crippen LogP contribution in [0.25, 0.3) is 12.2 Å². The summed E-state index contributed by atoms with van der Waals surface area (Å²) < 4.78 is 44.5. The Morgan fingerprint density at radius 1 is 0.634 bits per heavy atom. The Balaban J connectivity index is 2.15. The van der Waals surface area contributed by atoms with Gasteiger partial charge in [0, 0.05) is 24.4 Å². The highest BCUT2D eigenvalue weighted by atomic mass is 31.2. The SMILES string of the molecule is CC(C)O[Si](Cc1ccc(/C=C/c2ccc(CP(=O)(OC(C)(C)C)OC(C)(C)C)cc2)cc1)(OC(C)C)OC(C)C. The van der Waals surface area contributed by atoms with E-state index in [0.717, 1.165) is 22.3 Å². The molecular formula is C33H53O6PSi. The van der Waals surface area contributed by atoms with Crippen molar-refractivity contribution in [2.45, 2.75) is 125 Å². The minimum absolute atomic E-state index is 0.0109. The molecule has 41 heavy (non-hydrogen) atoms. The van der Waals surface area contributed by atoms with Crippen molar-refractivity contribution < 1.29 is 26.9 Å². The van der Waals surface area contributed by atoms with Crippen LogP contribution in [0.1, 0.15) is 105 Å². The van der Waals surface area contributed by atoms with Crippen LogP contribution >= 0.6 is 7.60 Å². The summed E-state index contributed by atoms with van der Waals surface area (Å²) in [5.74, 6) is 0. The van der Waals surface area contributed by atoms with Gasteiger partial charge in [0.25, 0.3) is 0 Å². The second kappa shape index (κ2) is 14.7. The molecule has 0 spiro atoms. The fourth-order valence-corrected chi connectivity index (χ4v) is 10.2. The van der Waals surface area contributed by atoms with E-state index in [1.54, 1.807) is 0 Å². The molecule has 0 N–H and O–H groups in total. The van der Waals surface area contributed by atoms with Gasteiger partial charge in [0.2, 0.25) is 0 Å². The lowest BCUT2D eigenvalue weighted by molar-refractivity contribution is 0.00231. The van der Waals surface area contributed by atoms with Gasteiger partial charge < -0.3 is 22.3 Å². The molecule has 2 aromatic rings. The van der Waals surface area contributed by atoms with Gasteiger partial charge in [-0.25, -0.2) is 0 Å². The van der Waals surface area contributed by atoms with E-state index in [9.17, 15) is 4.57 Å². The Kier molecular flexibility index (Phi) is 12.8. The second-order valence-corrected chi connectivity index (χ2v) is 17.7. The molecule has 0 aliphatic rings. The summed E-state index contributed by atoms with van der Waals surface area (Å²) in [5, 5.41) is 0. The smallest absolute Gasteiger partial charge is 0.371 e. The zero-order valence-electron chi connectivity index (χ0n) is 27.3. The first-order chi connectivity index (χ1) is 18.8. The highest BCUT2D eigenvalue weighted by Gasteiger charge is 2.44. The zero-order valence-corrected chi connectivity index (χ0v) is 29.2. The molecule has 0 aliphatic heterocycles. The zero-order chi connectivity index (χ0) is 31.1. The van der Waals surface area contributed by atoms with Crippen molar-refractivity contribution in [3.05, 3.63) is 70.8 Å². The molecule has 0 bridgehead atoms. The van der Waals surface area contributed by atoms with E-state index in [0.29, 0.717) is 6.04 Å². The topological polar surface area (TPSA) is 63.2 Å². The average molecular weight is 605 g/mol. The van der Waals surface area contributed by atoms with Crippen LogP contribution in [-0.2, 0) is 39.1 Å². The molecule has 0 unspecified atom stereocenters. The standard InChI is InChI=1S/C33H53O6PSi/c1-25(2)35-41(36-26(3)4,37-27(5)6)24-31-21-17-29(18-22-31)14-13-28-15-19-30(20-16-28)23-40(34,38-32(7,8)9)39-33(10,11)12/h13-22,25-27H,23-24H2,1-12H3/b14-13+. The fraction of sp³-hybridized carbons (Fsp3) is 0.576. The van der Waals surface area contributed by atoms with Crippen molar-refractivity contribution >= 4 is 28.6 Å². The van der Waals surface area contributed by atoms with Gasteiger partial charge in [-0.3, -0.25) is 4.57 Å². The van der Waals surface area contributed by atoms with Crippen LogP contribution in [0.15, 0.2) is 48.5 Å². The molecule has 0 aromatic heterocycles. The lowest BCUT2D eigenvalue weighted by atomic mass is 10.1. The first kappa shape index (κ1) is 35.6. The first-order valence-corrected chi connectivity index (χ1v) is 18.3. The Hall–Kier alpha value is -1.57. The quantitative estimate of drug-likeness (QED) is 0.122. The fourth-order valence-electron chi connectivity index (χ4n) is 4.35. The maximum atomic E-state index is 13.6. The second-order valence-electron chi connectivity index (χ2n) is 13.4. The van der Waals surface area contributed by atoms with Crippen LogP contribution in [-0.4, -0.2) is 38.3 Å². The van der Waals surface area contributed by atoms with Crippen LogP contribution in [0, 0.1) is 0 Å². The van der Waals surface area contributed by atoms with Crippen LogP contribution < -0.4 is 0 Å². The average Bonchev–Trinajstić information content (AvgIpc) is 2.75. The van der Waals surface area contributed by atoms with Gasteiger partial charge >= 0.3 is 16.4 Å². The third-order valence-corrected chi connectivity index (χ3v) is 11.0. The maximum Gasteiger partial charge on any atom is 0.506 e. The molecular weight excluding hydrogens is 551 g/mol. The van der Waals surface area contributed by atoms with Crippen molar-refractivity contribution in [2.75, 3.05) is 0 Å². The summed E-state index contributed by atoms with van der Waals surface area (Å²) in [6, 6.07) is 17.1. The van der Waals surface area contributed by atoms with E-state index < -0.39 is 27.6 Å². The van der Waals surface area contributed by atoms with Crippen molar-refractivity contribution in [3.63, 3.8) is 0 Å². The molecule has 0 saturated carbocycles. The van der Waals surface area contributed by atoms with Gasteiger partial charge in [-0.1, -0.05) is 60.7 Å². The minimum atomic E-state index is -3.35. The van der Waals surface area contributed by atoms with E-state index in [4.69, 9.17) is 22.3 Å². The molecule has 230 valence electrons. The lowest BCUT2D eigenvalue weighted by Crippen LogP contribution is -2.53. The summed E-state index contributed by atoms with van der Waals surface area (Å²) in [4.78, 5) is 0. The van der Waals surface area contributed by atoms with Crippen molar-refractivity contribution in [3.8, 4) is 0 Å². The summed E-state index contributed by atoms with van der Waals surface area (Å²) in [6.45, 7) is 23.5. The maximum absolute atomic E-state index is 13.6. The van der Waals surface area contributed by atoms with Crippen LogP contribution in [0.5, 0.6) is 0 Å². The largest absolute Gasteiger partial charge is 0.506 e. The highest BCUT2D eigenvalue weighted by molar-refractivity contribution is 7.53. The monoisotopic (exact) mass is 604 g/mol. The first-order valence-electron chi connectivity index (χ1n) is 14.7. The number of rotatable bonds is 14. The van der Waals surface area contributed by atoms with E-state index >= 15 is 0 Å². The van der Waals surface area contributed by atoms with E-state index in [-0.39, 0.29) is 24.5 Å². The molecule has 0 heterocycles. The van der Waals surface area contributed by atoms with Crippen molar-refractivity contribution in [1.82, 2.24) is 0 Å². The van der Waals surface area contributed by atoms with Crippen molar-refractivity contribution in [1.29, 1.82) is 0 Å². The van der Waals surface area contributed by atoms with Crippen molar-refractivity contribution in [2.24, 2.45) is 0 Å². The number of hydrogen-bond donors (Lipinski definition) is 0. The highest BCUT2D eigenvalue weighted by Crippen LogP contribution is 2.56. The lowest BCUT2D eigenvalue weighted by Gasteiger charge is -2.34. The molecule has 0 saturated heterocycles. The van der Waals surface area contributed by atoms with Gasteiger partial charge in [-0.2, -0.15) is 0 Å². The molecule has 0 radical (unpaired) electrons. The molecule has 6 nitrogen and oxygen atoms in total. The normalized spacial score (nSPS) is 13.7.